The first-order valence-electron chi connectivity index (χ1n) is 6.35. The molecule has 0 aromatic carbocycles. The van der Waals surface area contributed by atoms with Crippen molar-refractivity contribution < 1.29 is 23.0 Å². The quantitative estimate of drug-likeness (QED) is 0.926. The number of hydrogen-bond donors (Lipinski definition) is 1. The number of rotatable bonds is 3. The van der Waals surface area contributed by atoms with Gasteiger partial charge in [-0.25, -0.2) is 4.98 Å². The maximum absolute atomic E-state index is 12.7. The van der Waals surface area contributed by atoms with Crippen LogP contribution >= 0.6 is 0 Å². The van der Waals surface area contributed by atoms with Gasteiger partial charge in [0.15, 0.2) is 0 Å². The summed E-state index contributed by atoms with van der Waals surface area (Å²) in [5.41, 5.74) is -1.68. The molecule has 0 saturated carbocycles. The van der Waals surface area contributed by atoms with Crippen LogP contribution in [0.4, 0.5) is 19.0 Å². The molecule has 2 heterocycles. The maximum Gasteiger partial charge on any atom is 0.416 e. The molecule has 7 heteroatoms. The Bertz CT molecular complexity index is 459. The smallest absolute Gasteiger partial charge is 0.388 e. The summed E-state index contributed by atoms with van der Waals surface area (Å²) >= 11 is 0. The van der Waals surface area contributed by atoms with Crippen LogP contribution in [-0.4, -0.2) is 42.5 Å². The Kier molecular flexibility index (Phi) is 4.19. The summed E-state index contributed by atoms with van der Waals surface area (Å²) in [5.74, 6) is 0.194. The number of halogens is 3. The zero-order chi connectivity index (χ0) is 14.8. The lowest BCUT2D eigenvalue weighted by atomic mass is 9.94. The highest BCUT2D eigenvalue weighted by atomic mass is 19.4. The van der Waals surface area contributed by atoms with E-state index in [0.29, 0.717) is 26.1 Å². The van der Waals surface area contributed by atoms with E-state index in [-0.39, 0.29) is 12.4 Å². The molecule has 20 heavy (non-hydrogen) atoms. The molecule has 1 aliphatic rings. The Hall–Kier alpha value is -1.34. The normalized spacial score (nSPS) is 18.9. The Balaban J connectivity index is 2.11. The predicted octanol–water partition coefficient (Wildman–Crippen LogP) is 2.08. The van der Waals surface area contributed by atoms with E-state index in [0.717, 1.165) is 18.3 Å². The molecule has 1 aliphatic heterocycles. The van der Waals surface area contributed by atoms with E-state index >= 15 is 0 Å². The number of likely N-dealkylation sites (N-methyl/N-ethyl adjacent to an activating group) is 1. The lowest BCUT2D eigenvalue weighted by molar-refractivity contribution is -0.137. The van der Waals surface area contributed by atoms with Gasteiger partial charge in [-0.05, 0) is 12.1 Å². The number of alkyl halides is 3. The number of ether oxygens (including phenoxy) is 1. The van der Waals surface area contributed by atoms with Gasteiger partial charge in [-0.1, -0.05) is 0 Å². The van der Waals surface area contributed by atoms with Crippen molar-refractivity contribution in [1.82, 2.24) is 4.98 Å². The van der Waals surface area contributed by atoms with Crippen LogP contribution in [0.5, 0.6) is 0 Å². The van der Waals surface area contributed by atoms with Gasteiger partial charge in [0.05, 0.1) is 11.2 Å². The molecule has 112 valence electrons. The minimum atomic E-state index is -4.39. The standard InChI is InChI=1S/C13H17F3N2O2/c1-18(9-12(19)3-6-20-7-4-12)11-8-10(2-5-17-11)13(14,15)16/h2,5,8,19H,3-4,6-7,9H2,1H3. The zero-order valence-corrected chi connectivity index (χ0v) is 11.2. The molecule has 0 radical (unpaired) electrons. The Labute approximate surface area is 115 Å². The van der Waals surface area contributed by atoms with Gasteiger partial charge in [-0.3, -0.25) is 0 Å². The number of hydrogen-bond acceptors (Lipinski definition) is 4. The average Bonchev–Trinajstić information content (AvgIpc) is 2.38. The van der Waals surface area contributed by atoms with Gasteiger partial charge < -0.3 is 14.7 Å². The first-order valence-corrected chi connectivity index (χ1v) is 6.35. The first kappa shape index (κ1) is 15.1. The first-order chi connectivity index (χ1) is 9.30. The molecule has 1 saturated heterocycles. The van der Waals surface area contributed by atoms with Gasteiger partial charge in [-0.2, -0.15) is 13.2 Å². The van der Waals surface area contributed by atoms with Crippen molar-refractivity contribution >= 4 is 5.82 Å². The Morgan fingerprint density at radius 1 is 1.40 bits per heavy atom. The zero-order valence-electron chi connectivity index (χ0n) is 11.2. The molecule has 0 atom stereocenters. The van der Waals surface area contributed by atoms with Crippen LogP contribution in [0.1, 0.15) is 18.4 Å². The highest BCUT2D eigenvalue weighted by molar-refractivity contribution is 5.41. The van der Waals surface area contributed by atoms with Gasteiger partial charge in [0.2, 0.25) is 0 Å². The molecule has 1 fully saturated rings. The van der Waals surface area contributed by atoms with E-state index in [4.69, 9.17) is 4.74 Å². The van der Waals surface area contributed by atoms with Crippen molar-refractivity contribution in [3.05, 3.63) is 23.9 Å². The van der Waals surface area contributed by atoms with E-state index in [1.165, 1.54) is 0 Å². The summed E-state index contributed by atoms with van der Waals surface area (Å²) in [5, 5.41) is 10.4. The van der Waals surface area contributed by atoms with Crippen molar-refractivity contribution in [3.8, 4) is 0 Å². The Morgan fingerprint density at radius 3 is 2.65 bits per heavy atom. The minimum absolute atomic E-state index is 0.194. The van der Waals surface area contributed by atoms with Crippen LogP contribution in [-0.2, 0) is 10.9 Å². The Morgan fingerprint density at radius 2 is 2.05 bits per heavy atom. The fraction of sp³-hybridized carbons (Fsp3) is 0.615. The second kappa shape index (κ2) is 5.57. The molecular formula is C13H17F3N2O2. The number of aliphatic hydroxyl groups is 1. The van der Waals surface area contributed by atoms with Gasteiger partial charge in [0, 0.05) is 45.8 Å². The van der Waals surface area contributed by atoms with Gasteiger partial charge in [0.1, 0.15) is 5.82 Å². The van der Waals surface area contributed by atoms with E-state index in [1.54, 1.807) is 11.9 Å². The molecular weight excluding hydrogens is 273 g/mol. The third-order valence-electron chi connectivity index (χ3n) is 3.42. The topological polar surface area (TPSA) is 45.6 Å². The van der Waals surface area contributed by atoms with Crippen LogP contribution in [0.3, 0.4) is 0 Å². The number of nitrogens with zero attached hydrogens (tertiary/aromatic N) is 2. The number of anilines is 1. The molecule has 2 rings (SSSR count). The van der Waals surface area contributed by atoms with Crippen LogP contribution < -0.4 is 4.90 Å². The van der Waals surface area contributed by atoms with E-state index in [1.807, 2.05) is 0 Å². The van der Waals surface area contributed by atoms with E-state index in [2.05, 4.69) is 4.98 Å². The lowest BCUT2D eigenvalue weighted by Crippen LogP contribution is -2.46. The van der Waals surface area contributed by atoms with Crippen molar-refractivity contribution in [2.75, 3.05) is 31.7 Å². The second-order valence-corrected chi connectivity index (χ2v) is 5.09. The minimum Gasteiger partial charge on any atom is -0.388 e. The fourth-order valence-electron chi connectivity index (χ4n) is 2.24. The summed E-state index contributed by atoms with van der Waals surface area (Å²) in [6.07, 6.45) is -2.33. The molecule has 0 unspecified atom stereocenters. The summed E-state index contributed by atoms with van der Waals surface area (Å²) in [6, 6.07) is 1.92. The van der Waals surface area contributed by atoms with E-state index < -0.39 is 17.3 Å². The highest BCUT2D eigenvalue weighted by Gasteiger charge is 2.33. The third-order valence-corrected chi connectivity index (χ3v) is 3.42. The number of aromatic nitrogens is 1. The second-order valence-electron chi connectivity index (χ2n) is 5.09. The molecule has 0 spiro atoms. The van der Waals surface area contributed by atoms with Crippen LogP contribution in [0.15, 0.2) is 18.3 Å². The van der Waals surface area contributed by atoms with Crippen LogP contribution in [0.2, 0.25) is 0 Å². The van der Waals surface area contributed by atoms with Crippen molar-refractivity contribution in [3.63, 3.8) is 0 Å². The highest BCUT2D eigenvalue weighted by Crippen LogP contribution is 2.31. The average molecular weight is 290 g/mol. The van der Waals surface area contributed by atoms with Crippen molar-refractivity contribution in [1.29, 1.82) is 0 Å². The van der Waals surface area contributed by atoms with Crippen LogP contribution in [0, 0.1) is 0 Å². The summed E-state index contributed by atoms with van der Waals surface area (Å²) in [4.78, 5) is 5.48. The van der Waals surface area contributed by atoms with Crippen LogP contribution in [0.25, 0.3) is 0 Å². The monoisotopic (exact) mass is 290 g/mol. The number of pyridine rings is 1. The molecule has 0 amide bonds. The third kappa shape index (κ3) is 3.61. The predicted molar refractivity (Wildman–Crippen MR) is 67.5 cm³/mol. The van der Waals surface area contributed by atoms with Gasteiger partial charge in [-0.15, -0.1) is 0 Å². The van der Waals surface area contributed by atoms with E-state index in [9.17, 15) is 18.3 Å². The van der Waals surface area contributed by atoms with Gasteiger partial charge >= 0.3 is 6.18 Å². The molecule has 1 aromatic heterocycles. The van der Waals surface area contributed by atoms with Gasteiger partial charge in [0.25, 0.3) is 0 Å². The van der Waals surface area contributed by atoms with Crippen molar-refractivity contribution in [2.24, 2.45) is 0 Å². The fourth-order valence-corrected chi connectivity index (χ4v) is 2.24. The maximum atomic E-state index is 12.7. The summed E-state index contributed by atoms with van der Waals surface area (Å²) in [6.45, 7) is 1.14. The molecule has 1 aromatic rings. The lowest BCUT2D eigenvalue weighted by Gasteiger charge is -2.35. The summed E-state index contributed by atoms with van der Waals surface area (Å²) < 4.78 is 43.1. The van der Waals surface area contributed by atoms with Crippen molar-refractivity contribution in [2.45, 2.75) is 24.6 Å². The molecule has 0 bridgehead atoms. The molecule has 1 N–H and O–H groups in total. The summed E-state index contributed by atoms with van der Waals surface area (Å²) in [7, 11) is 1.62. The molecule has 0 aliphatic carbocycles. The molecule has 4 nitrogen and oxygen atoms in total. The SMILES string of the molecule is CN(CC1(O)CCOCC1)c1cc(C(F)(F)F)ccn1. The largest absolute Gasteiger partial charge is 0.416 e.